The zero-order chi connectivity index (χ0) is 10.1. The van der Waals surface area contributed by atoms with E-state index < -0.39 is 11.1 Å². The van der Waals surface area contributed by atoms with E-state index in [1.54, 1.807) is 0 Å². The molecule has 0 amide bonds. The van der Waals surface area contributed by atoms with Crippen LogP contribution in [-0.4, -0.2) is 27.1 Å². The van der Waals surface area contributed by atoms with Gasteiger partial charge in [0.1, 0.15) is 0 Å². The van der Waals surface area contributed by atoms with E-state index in [0.29, 0.717) is 12.4 Å². The van der Waals surface area contributed by atoms with Crippen molar-refractivity contribution in [2.75, 3.05) is 12.4 Å². The normalized spacial score (nSPS) is 12.5. The van der Waals surface area contributed by atoms with Gasteiger partial charge in [-0.3, -0.25) is 4.79 Å². The highest BCUT2D eigenvalue weighted by molar-refractivity contribution is 7.79. The van der Waals surface area contributed by atoms with Crippen LogP contribution >= 0.6 is 0 Å². The van der Waals surface area contributed by atoms with E-state index >= 15 is 0 Å². The molecule has 1 N–H and O–H groups in total. The summed E-state index contributed by atoms with van der Waals surface area (Å²) in [5.41, 5.74) is 0. The van der Waals surface area contributed by atoms with Gasteiger partial charge in [0, 0.05) is 12.7 Å². The Labute approximate surface area is 80.9 Å². The maximum Gasteiger partial charge on any atom is 0.302 e. The van der Waals surface area contributed by atoms with Crippen molar-refractivity contribution >= 4 is 17.0 Å². The fourth-order valence-electron chi connectivity index (χ4n) is 0.897. The predicted molar refractivity (Wildman–Crippen MR) is 50.7 cm³/mol. The molecule has 0 aromatic rings. The van der Waals surface area contributed by atoms with Gasteiger partial charge in [0.25, 0.3) is 0 Å². The van der Waals surface area contributed by atoms with Crippen LogP contribution < -0.4 is 0 Å². The molecular formula is C8H16O4S. The zero-order valence-corrected chi connectivity index (χ0v) is 8.64. The molecule has 0 saturated heterocycles. The highest BCUT2D eigenvalue weighted by Crippen LogP contribution is 2.00. The van der Waals surface area contributed by atoms with E-state index in [4.69, 9.17) is 9.29 Å². The minimum absolute atomic E-state index is 0.253. The Morgan fingerprint density at radius 2 is 1.92 bits per heavy atom. The lowest BCUT2D eigenvalue weighted by Gasteiger charge is -2.00. The monoisotopic (exact) mass is 208 g/mol. The number of unbranched alkanes of at least 4 members (excludes halogenated alkanes) is 3. The first kappa shape index (κ1) is 12.6. The number of esters is 1. The van der Waals surface area contributed by atoms with Crippen molar-refractivity contribution in [3.8, 4) is 0 Å². The van der Waals surface area contributed by atoms with Crippen LogP contribution in [0.15, 0.2) is 0 Å². The maximum atomic E-state index is 10.3. The molecule has 4 nitrogen and oxygen atoms in total. The average molecular weight is 208 g/mol. The summed E-state index contributed by atoms with van der Waals surface area (Å²) in [6.45, 7) is 1.84. The van der Waals surface area contributed by atoms with Gasteiger partial charge in [0.05, 0.1) is 6.61 Å². The van der Waals surface area contributed by atoms with Crippen LogP contribution in [0.1, 0.15) is 32.6 Å². The third-order valence-electron chi connectivity index (χ3n) is 1.52. The number of rotatable bonds is 7. The Kier molecular flexibility index (Phi) is 7.93. The second kappa shape index (κ2) is 8.19. The lowest BCUT2D eigenvalue weighted by atomic mass is 10.2. The van der Waals surface area contributed by atoms with Gasteiger partial charge in [-0.15, -0.1) is 0 Å². The summed E-state index contributed by atoms with van der Waals surface area (Å²) in [4.78, 5) is 10.3. The van der Waals surface area contributed by atoms with E-state index in [2.05, 4.69) is 0 Å². The molecule has 0 aliphatic heterocycles. The molecule has 0 saturated carbocycles. The first-order valence-electron chi connectivity index (χ1n) is 4.33. The van der Waals surface area contributed by atoms with Crippen LogP contribution in [0.5, 0.6) is 0 Å². The summed E-state index contributed by atoms with van der Waals surface area (Å²) < 4.78 is 23.4. The number of hydrogen-bond donors (Lipinski definition) is 1. The third-order valence-corrected chi connectivity index (χ3v) is 2.16. The number of hydrogen-bond acceptors (Lipinski definition) is 3. The van der Waals surface area contributed by atoms with Crippen molar-refractivity contribution in [3.63, 3.8) is 0 Å². The summed E-state index contributed by atoms with van der Waals surface area (Å²) in [6.07, 6.45) is 3.43. The summed E-state index contributed by atoms with van der Waals surface area (Å²) in [5.74, 6) is 0.0876. The van der Waals surface area contributed by atoms with Gasteiger partial charge >= 0.3 is 5.97 Å². The molecule has 0 bridgehead atoms. The maximum absolute atomic E-state index is 10.3. The molecule has 0 radical (unpaired) electrons. The summed E-state index contributed by atoms with van der Waals surface area (Å²) >= 11 is -1.67. The van der Waals surface area contributed by atoms with Gasteiger partial charge in [0.15, 0.2) is 11.1 Å². The summed E-state index contributed by atoms with van der Waals surface area (Å²) in [6, 6.07) is 0. The van der Waals surface area contributed by atoms with Crippen molar-refractivity contribution in [1.29, 1.82) is 0 Å². The molecule has 5 heteroatoms. The molecule has 0 aliphatic rings. The van der Waals surface area contributed by atoms with Crippen molar-refractivity contribution in [2.24, 2.45) is 0 Å². The topological polar surface area (TPSA) is 63.6 Å². The second-order valence-corrected chi connectivity index (χ2v) is 3.83. The molecule has 13 heavy (non-hydrogen) atoms. The van der Waals surface area contributed by atoms with E-state index in [1.807, 2.05) is 0 Å². The molecule has 0 aliphatic carbocycles. The molecule has 0 heterocycles. The fraction of sp³-hybridized carbons (Fsp3) is 0.875. The minimum atomic E-state index is -1.67. The minimum Gasteiger partial charge on any atom is -0.466 e. The number of ether oxygens (including phenoxy) is 1. The Morgan fingerprint density at radius 1 is 1.31 bits per heavy atom. The number of carbonyl (C=O) groups is 1. The van der Waals surface area contributed by atoms with Crippen molar-refractivity contribution in [3.05, 3.63) is 0 Å². The Balaban J connectivity index is 3.00. The Hall–Kier alpha value is -0.420. The van der Waals surface area contributed by atoms with Gasteiger partial charge in [-0.05, 0) is 12.8 Å². The smallest absolute Gasteiger partial charge is 0.302 e. The first-order chi connectivity index (χ1) is 6.13. The molecule has 0 spiro atoms. The molecular weight excluding hydrogens is 192 g/mol. The quantitative estimate of drug-likeness (QED) is 0.389. The Bertz CT molecular complexity index is 152. The standard InChI is InChI=1S/C8H16O4S/c1-8(9)12-6-4-2-3-5-7-13(10)11/h2-7H2,1H3,(H,10,11). The van der Waals surface area contributed by atoms with E-state index in [-0.39, 0.29) is 5.97 Å². The van der Waals surface area contributed by atoms with Gasteiger partial charge in [-0.2, -0.15) is 0 Å². The number of carbonyl (C=O) groups excluding carboxylic acids is 1. The predicted octanol–water partition coefficient (Wildman–Crippen LogP) is 1.33. The second-order valence-electron chi connectivity index (χ2n) is 2.78. The van der Waals surface area contributed by atoms with Crippen LogP contribution in [0.3, 0.4) is 0 Å². The van der Waals surface area contributed by atoms with E-state index in [1.165, 1.54) is 6.92 Å². The van der Waals surface area contributed by atoms with Crippen LogP contribution in [0.25, 0.3) is 0 Å². The largest absolute Gasteiger partial charge is 0.466 e. The van der Waals surface area contributed by atoms with Crippen LogP contribution in [0.2, 0.25) is 0 Å². The van der Waals surface area contributed by atoms with Gasteiger partial charge < -0.3 is 9.29 Å². The molecule has 0 rings (SSSR count). The molecule has 1 unspecified atom stereocenters. The van der Waals surface area contributed by atoms with Crippen molar-refractivity contribution in [1.82, 2.24) is 0 Å². The van der Waals surface area contributed by atoms with Gasteiger partial charge in [-0.1, -0.05) is 12.8 Å². The molecule has 0 aromatic carbocycles. The van der Waals surface area contributed by atoms with Gasteiger partial charge in [-0.25, -0.2) is 4.21 Å². The Morgan fingerprint density at radius 3 is 2.46 bits per heavy atom. The van der Waals surface area contributed by atoms with Gasteiger partial charge in [0.2, 0.25) is 0 Å². The SMILES string of the molecule is CC(=O)OCCCCCCS(=O)O. The summed E-state index contributed by atoms with van der Waals surface area (Å²) in [5, 5.41) is 0. The van der Waals surface area contributed by atoms with Crippen LogP contribution in [0, 0.1) is 0 Å². The summed E-state index contributed by atoms with van der Waals surface area (Å²) in [7, 11) is 0. The van der Waals surface area contributed by atoms with Crippen molar-refractivity contribution < 1.29 is 18.3 Å². The molecule has 1 atom stereocenters. The van der Waals surface area contributed by atoms with E-state index in [9.17, 15) is 9.00 Å². The first-order valence-corrected chi connectivity index (χ1v) is 5.61. The molecule has 0 aromatic heterocycles. The van der Waals surface area contributed by atoms with E-state index in [0.717, 1.165) is 25.7 Å². The lowest BCUT2D eigenvalue weighted by molar-refractivity contribution is -0.141. The fourth-order valence-corrected chi connectivity index (χ4v) is 1.35. The van der Waals surface area contributed by atoms with Crippen LogP contribution in [-0.2, 0) is 20.6 Å². The van der Waals surface area contributed by atoms with Crippen molar-refractivity contribution in [2.45, 2.75) is 32.6 Å². The van der Waals surface area contributed by atoms with Crippen LogP contribution in [0.4, 0.5) is 0 Å². The molecule has 0 fully saturated rings. The average Bonchev–Trinajstić information content (AvgIpc) is 2.01. The highest BCUT2D eigenvalue weighted by Gasteiger charge is 1.95. The molecule has 78 valence electrons. The third kappa shape index (κ3) is 11.6. The zero-order valence-electron chi connectivity index (χ0n) is 7.82. The highest BCUT2D eigenvalue weighted by atomic mass is 32.2. The lowest BCUT2D eigenvalue weighted by Crippen LogP contribution is -2.00.